The van der Waals surface area contributed by atoms with Crippen LogP contribution in [0.1, 0.15) is 16.7 Å². The lowest BCUT2D eigenvalue weighted by Gasteiger charge is -2.06. The van der Waals surface area contributed by atoms with Crippen LogP contribution in [-0.2, 0) is 0 Å². The Morgan fingerprint density at radius 3 is 2.53 bits per heavy atom. The number of aryl methyl sites for hydroxylation is 3. The average Bonchev–Trinajstić information content (AvgIpc) is 2.20. The maximum absolute atomic E-state index is 11.9. The zero-order valence-corrected chi connectivity index (χ0v) is 10.4. The van der Waals surface area contributed by atoms with E-state index in [1.807, 2.05) is 19.9 Å². The molecule has 2 aromatic rings. The lowest BCUT2D eigenvalue weighted by atomic mass is 10.1. The van der Waals surface area contributed by atoms with E-state index >= 15 is 0 Å². The smallest absolute Gasteiger partial charge is 0.195 e. The molecule has 0 unspecified atom stereocenters. The van der Waals surface area contributed by atoms with Gasteiger partial charge in [-0.05, 0) is 38.0 Å². The van der Waals surface area contributed by atoms with Gasteiger partial charge < -0.3 is 4.42 Å². The molecule has 0 fully saturated rings. The minimum absolute atomic E-state index is 0.0504. The van der Waals surface area contributed by atoms with E-state index in [4.69, 9.17) is 4.42 Å². The second-order valence-corrected chi connectivity index (χ2v) is 4.55. The Labute approximate surface area is 96.0 Å². The summed E-state index contributed by atoms with van der Waals surface area (Å²) in [6.07, 6.45) is 1.51. The van der Waals surface area contributed by atoms with Crippen LogP contribution in [0.3, 0.4) is 0 Å². The number of fused-ring (bicyclic) bond motifs is 1. The standard InChI is InChI=1S/C12H11BrO2/c1-6-4-9-10(8(3)11(6)13)12(14)7(2)5-15-9/h4-5H,1-3H3. The van der Waals surface area contributed by atoms with Crippen molar-refractivity contribution in [2.75, 3.05) is 0 Å². The first-order valence-corrected chi connectivity index (χ1v) is 5.49. The summed E-state index contributed by atoms with van der Waals surface area (Å²) in [4.78, 5) is 11.9. The van der Waals surface area contributed by atoms with Crippen molar-refractivity contribution in [2.45, 2.75) is 20.8 Å². The second-order valence-electron chi connectivity index (χ2n) is 3.75. The van der Waals surface area contributed by atoms with Crippen molar-refractivity contribution < 1.29 is 4.42 Å². The van der Waals surface area contributed by atoms with Gasteiger partial charge in [0.1, 0.15) is 5.58 Å². The van der Waals surface area contributed by atoms with Crippen LogP contribution in [0.25, 0.3) is 11.0 Å². The third-order valence-electron chi connectivity index (χ3n) is 2.59. The van der Waals surface area contributed by atoms with E-state index < -0.39 is 0 Å². The van der Waals surface area contributed by atoms with Crippen molar-refractivity contribution in [3.63, 3.8) is 0 Å². The van der Waals surface area contributed by atoms with E-state index in [9.17, 15) is 4.79 Å². The van der Waals surface area contributed by atoms with Crippen LogP contribution >= 0.6 is 15.9 Å². The molecule has 0 spiro atoms. The van der Waals surface area contributed by atoms with Crippen LogP contribution in [0.4, 0.5) is 0 Å². The van der Waals surface area contributed by atoms with Crippen LogP contribution in [0.5, 0.6) is 0 Å². The molecule has 15 heavy (non-hydrogen) atoms. The molecule has 78 valence electrons. The molecule has 0 radical (unpaired) electrons. The summed E-state index contributed by atoms with van der Waals surface area (Å²) in [7, 11) is 0. The largest absolute Gasteiger partial charge is 0.464 e. The molecule has 2 rings (SSSR count). The summed E-state index contributed by atoms with van der Waals surface area (Å²) in [5, 5.41) is 0.674. The van der Waals surface area contributed by atoms with Gasteiger partial charge in [0.15, 0.2) is 5.43 Å². The summed E-state index contributed by atoms with van der Waals surface area (Å²) < 4.78 is 6.40. The Morgan fingerprint density at radius 2 is 1.87 bits per heavy atom. The van der Waals surface area contributed by atoms with E-state index in [0.29, 0.717) is 16.5 Å². The van der Waals surface area contributed by atoms with E-state index in [2.05, 4.69) is 15.9 Å². The van der Waals surface area contributed by atoms with Crippen LogP contribution in [-0.4, -0.2) is 0 Å². The fraction of sp³-hybridized carbons (Fsp3) is 0.250. The Hall–Kier alpha value is -1.09. The minimum atomic E-state index is 0.0504. The Bertz CT molecular complexity index is 597. The summed E-state index contributed by atoms with van der Waals surface area (Å²) in [6, 6.07) is 1.88. The summed E-state index contributed by atoms with van der Waals surface area (Å²) in [6.45, 7) is 5.67. The Kier molecular flexibility index (Phi) is 2.43. The number of rotatable bonds is 0. The van der Waals surface area contributed by atoms with Gasteiger partial charge in [0.05, 0.1) is 11.6 Å². The first-order valence-electron chi connectivity index (χ1n) is 4.70. The number of hydrogen-bond acceptors (Lipinski definition) is 2. The Balaban J connectivity index is 3.07. The lowest BCUT2D eigenvalue weighted by Crippen LogP contribution is -2.06. The van der Waals surface area contributed by atoms with Gasteiger partial charge in [-0.15, -0.1) is 0 Å². The maximum Gasteiger partial charge on any atom is 0.195 e. The van der Waals surface area contributed by atoms with Crippen molar-refractivity contribution in [1.29, 1.82) is 0 Å². The highest BCUT2D eigenvalue weighted by molar-refractivity contribution is 9.10. The van der Waals surface area contributed by atoms with Gasteiger partial charge in [-0.25, -0.2) is 0 Å². The molecule has 0 aliphatic heterocycles. The van der Waals surface area contributed by atoms with Crippen molar-refractivity contribution >= 4 is 26.9 Å². The van der Waals surface area contributed by atoms with Crippen LogP contribution in [0.2, 0.25) is 0 Å². The minimum Gasteiger partial charge on any atom is -0.464 e. The Morgan fingerprint density at radius 1 is 1.20 bits per heavy atom. The predicted octanol–water partition coefficient (Wildman–Crippen LogP) is 3.48. The van der Waals surface area contributed by atoms with Crippen molar-refractivity contribution in [3.8, 4) is 0 Å². The van der Waals surface area contributed by atoms with Crippen LogP contribution in [0.15, 0.2) is 26.0 Å². The highest BCUT2D eigenvalue weighted by atomic mass is 79.9. The SMILES string of the molecule is Cc1cc2occ(C)c(=O)c2c(C)c1Br. The zero-order valence-electron chi connectivity index (χ0n) is 8.85. The van der Waals surface area contributed by atoms with Gasteiger partial charge in [0.2, 0.25) is 0 Å². The first kappa shape index (κ1) is 10.4. The third kappa shape index (κ3) is 1.51. The molecular formula is C12H11BrO2. The average molecular weight is 267 g/mol. The number of halogens is 1. The van der Waals surface area contributed by atoms with E-state index in [0.717, 1.165) is 15.6 Å². The van der Waals surface area contributed by atoms with Gasteiger partial charge in [-0.2, -0.15) is 0 Å². The third-order valence-corrected chi connectivity index (χ3v) is 3.81. The summed E-state index contributed by atoms with van der Waals surface area (Å²) in [5.41, 5.74) is 3.37. The normalized spacial score (nSPS) is 10.9. The fourth-order valence-corrected chi connectivity index (χ4v) is 2.01. The highest BCUT2D eigenvalue weighted by Crippen LogP contribution is 2.27. The van der Waals surface area contributed by atoms with E-state index in [1.54, 1.807) is 6.92 Å². The van der Waals surface area contributed by atoms with Gasteiger partial charge in [0.25, 0.3) is 0 Å². The molecule has 0 N–H and O–H groups in total. The molecular weight excluding hydrogens is 256 g/mol. The van der Waals surface area contributed by atoms with E-state index in [1.165, 1.54) is 6.26 Å². The molecule has 1 aromatic carbocycles. The molecule has 1 heterocycles. The van der Waals surface area contributed by atoms with Crippen LogP contribution < -0.4 is 5.43 Å². The number of hydrogen-bond donors (Lipinski definition) is 0. The predicted molar refractivity (Wildman–Crippen MR) is 64.4 cm³/mol. The van der Waals surface area contributed by atoms with Gasteiger partial charge in [-0.3, -0.25) is 4.79 Å². The van der Waals surface area contributed by atoms with Crippen molar-refractivity contribution in [2.24, 2.45) is 0 Å². The lowest BCUT2D eigenvalue weighted by molar-refractivity contribution is 0.596. The molecule has 0 saturated heterocycles. The second kappa shape index (κ2) is 3.49. The number of benzene rings is 1. The van der Waals surface area contributed by atoms with Gasteiger partial charge in [-0.1, -0.05) is 15.9 Å². The fourth-order valence-electron chi connectivity index (χ4n) is 1.70. The summed E-state index contributed by atoms with van der Waals surface area (Å²) >= 11 is 3.48. The molecule has 0 atom stereocenters. The van der Waals surface area contributed by atoms with Crippen LogP contribution in [0, 0.1) is 20.8 Å². The molecule has 3 heteroatoms. The topological polar surface area (TPSA) is 30.2 Å². The molecule has 0 saturated carbocycles. The highest BCUT2D eigenvalue weighted by Gasteiger charge is 2.11. The van der Waals surface area contributed by atoms with Crippen molar-refractivity contribution in [3.05, 3.63) is 43.7 Å². The van der Waals surface area contributed by atoms with Crippen molar-refractivity contribution in [1.82, 2.24) is 0 Å². The molecule has 0 aliphatic rings. The first-order chi connectivity index (χ1) is 7.02. The molecule has 0 aliphatic carbocycles. The molecule has 0 bridgehead atoms. The molecule has 2 nitrogen and oxygen atoms in total. The van der Waals surface area contributed by atoms with Gasteiger partial charge in [0, 0.05) is 10.0 Å². The monoisotopic (exact) mass is 266 g/mol. The zero-order chi connectivity index (χ0) is 11.2. The van der Waals surface area contributed by atoms with Gasteiger partial charge >= 0.3 is 0 Å². The quantitative estimate of drug-likeness (QED) is 0.731. The maximum atomic E-state index is 11.9. The molecule has 0 amide bonds. The van der Waals surface area contributed by atoms with E-state index in [-0.39, 0.29) is 5.43 Å². The summed E-state index contributed by atoms with van der Waals surface area (Å²) in [5.74, 6) is 0. The molecule has 1 aromatic heterocycles.